The smallest absolute Gasteiger partial charge is 0.251 e. The van der Waals surface area contributed by atoms with Gasteiger partial charge in [-0.25, -0.2) is 0 Å². The summed E-state index contributed by atoms with van der Waals surface area (Å²) in [6.07, 6.45) is 1.66. The molecular weight excluding hydrogens is 282 g/mol. The van der Waals surface area contributed by atoms with E-state index in [4.69, 9.17) is 10.5 Å². The van der Waals surface area contributed by atoms with Crippen molar-refractivity contribution in [3.05, 3.63) is 35.4 Å². The molecule has 0 unspecified atom stereocenters. The highest BCUT2D eigenvalue weighted by Crippen LogP contribution is 2.12. The van der Waals surface area contributed by atoms with Gasteiger partial charge in [-0.3, -0.25) is 14.5 Å². The first-order valence-electron chi connectivity index (χ1n) is 7.48. The predicted octanol–water partition coefficient (Wildman–Crippen LogP) is 0.513. The second-order valence-electron chi connectivity index (χ2n) is 5.62. The lowest BCUT2D eigenvalue weighted by Gasteiger charge is -2.31. The number of hydrogen-bond donors (Lipinski definition) is 2. The van der Waals surface area contributed by atoms with Crippen LogP contribution in [-0.2, 0) is 16.1 Å². The SMILES string of the molecule is COCc1cccc(C(=O)NC2CCN(CC(N)=O)CC2)c1. The molecule has 6 heteroatoms. The Morgan fingerprint density at radius 1 is 1.36 bits per heavy atom. The number of nitrogens with zero attached hydrogens (tertiary/aromatic N) is 1. The van der Waals surface area contributed by atoms with Gasteiger partial charge in [0.2, 0.25) is 5.91 Å². The summed E-state index contributed by atoms with van der Waals surface area (Å²) in [6.45, 7) is 2.33. The molecule has 2 rings (SSSR count). The van der Waals surface area contributed by atoms with Crippen molar-refractivity contribution in [2.75, 3.05) is 26.7 Å². The van der Waals surface area contributed by atoms with Crippen molar-refractivity contribution in [1.29, 1.82) is 0 Å². The molecule has 0 aromatic heterocycles. The van der Waals surface area contributed by atoms with Gasteiger partial charge in [0.05, 0.1) is 13.2 Å². The van der Waals surface area contributed by atoms with Gasteiger partial charge in [0.1, 0.15) is 0 Å². The van der Waals surface area contributed by atoms with Gasteiger partial charge in [-0.05, 0) is 30.5 Å². The van der Waals surface area contributed by atoms with Crippen molar-refractivity contribution in [2.45, 2.75) is 25.5 Å². The Hall–Kier alpha value is -1.92. The summed E-state index contributed by atoms with van der Waals surface area (Å²) in [5.41, 5.74) is 6.82. The minimum absolute atomic E-state index is 0.0636. The van der Waals surface area contributed by atoms with Gasteiger partial charge < -0.3 is 15.8 Å². The lowest BCUT2D eigenvalue weighted by molar-refractivity contribution is -0.119. The van der Waals surface area contributed by atoms with Crippen molar-refractivity contribution in [2.24, 2.45) is 5.73 Å². The van der Waals surface area contributed by atoms with Gasteiger partial charge in [-0.1, -0.05) is 12.1 Å². The summed E-state index contributed by atoms with van der Waals surface area (Å²) in [5, 5.41) is 3.06. The maximum Gasteiger partial charge on any atom is 0.251 e. The largest absolute Gasteiger partial charge is 0.380 e. The van der Waals surface area contributed by atoms with Crippen molar-refractivity contribution in [3.63, 3.8) is 0 Å². The summed E-state index contributed by atoms with van der Waals surface area (Å²) < 4.78 is 5.08. The molecule has 1 saturated heterocycles. The quantitative estimate of drug-likeness (QED) is 0.802. The van der Waals surface area contributed by atoms with Gasteiger partial charge in [-0.15, -0.1) is 0 Å². The topological polar surface area (TPSA) is 84.7 Å². The third kappa shape index (κ3) is 4.82. The van der Waals surface area contributed by atoms with Crippen LogP contribution in [0.15, 0.2) is 24.3 Å². The van der Waals surface area contributed by atoms with E-state index in [1.165, 1.54) is 0 Å². The second-order valence-corrected chi connectivity index (χ2v) is 5.62. The molecule has 6 nitrogen and oxygen atoms in total. The first-order valence-corrected chi connectivity index (χ1v) is 7.48. The summed E-state index contributed by atoms with van der Waals surface area (Å²) in [6, 6.07) is 7.58. The Kier molecular flexibility index (Phi) is 5.91. The number of likely N-dealkylation sites (tertiary alicyclic amines) is 1. The van der Waals surface area contributed by atoms with E-state index in [1.54, 1.807) is 13.2 Å². The number of ether oxygens (including phenoxy) is 1. The molecule has 0 saturated carbocycles. The number of carbonyl (C=O) groups excluding carboxylic acids is 2. The van der Waals surface area contributed by atoms with E-state index in [1.807, 2.05) is 23.1 Å². The van der Waals surface area contributed by atoms with E-state index in [0.29, 0.717) is 18.7 Å². The van der Waals surface area contributed by atoms with E-state index in [9.17, 15) is 9.59 Å². The van der Waals surface area contributed by atoms with Gasteiger partial charge in [0.15, 0.2) is 0 Å². The Bertz CT molecular complexity index is 525. The molecule has 1 heterocycles. The molecule has 22 heavy (non-hydrogen) atoms. The maximum absolute atomic E-state index is 12.3. The number of benzene rings is 1. The normalized spacial score (nSPS) is 16.4. The lowest BCUT2D eigenvalue weighted by atomic mass is 10.0. The first kappa shape index (κ1) is 16.5. The van der Waals surface area contributed by atoms with Crippen LogP contribution in [0.25, 0.3) is 0 Å². The average Bonchev–Trinajstić information content (AvgIpc) is 2.49. The molecule has 1 aliphatic rings. The van der Waals surface area contributed by atoms with Crippen LogP contribution >= 0.6 is 0 Å². The fourth-order valence-corrected chi connectivity index (χ4v) is 2.69. The number of hydrogen-bond acceptors (Lipinski definition) is 4. The zero-order valence-electron chi connectivity index (χ0n) is 12.9. The van der Waals surface area contributed by atoms with Crippen LogP contribution in [0.3, 0.4) is 0 Å². The van der Waals surface area contributed by atoms with Crippen molar-refractivity contribution in [1.82, 2.24) is 10.2 Å². The van der Waals surface area contributed by atoms with Gasteiger partial charge in [0, 0.05) is 31.8 Å². The Balaban J connectivity index is 1.85. The van der Waals surface area contributed by atoms with E-state index in [0.717, 1.165) is 31.5 Å². The second kappa shape index (κ2) is 7.91. The number of piperidine rings is 1. The highest BCUT2D eigenvalue weighted by molar-refractivity contribution is 5.94. The van der Waals surface area contributed by atoms with Crippen LogP contribution in [0.5, 0.6) is 0 Å². The number of nitrogens with one attached hydrogen (secondary N) is 1. The van der Waals surface area contributed by atoms with Crippen LogP contribution in [0, 0.1) is 0 Å². The molecule has 0 aliphatic carbocycles. The number of carbonyl (C=O) groups is 2. The zero-order valence-corrected chi connectivity index (χ0v) is 12.9. The van der Waals surface area contributed by atoms with E-state index in [-0.39, 0.29) is 17.9 Å². The monoisotopic (exact) mass is 305 g/mol. The minimum atomic E-state index is -0.308. The van der Waals surface area contributed by atoms with E-state index >= 15 is 0 Å². The standard InChI is InChI=1S/C16H23N3O3/c1-22-11-12-3-2-4-13(9-12)16(21)18-14-5-7-19(8-6-14)10-15(17)20/h2-4,9,14H,5-8,10-11H2,1H3,(H2,17,20)(H,18,21). The Labute approximate surface area is 130 Å². The van der Waals surface area contributed by atoms with E-state index in [2.05, 4.69) is 5.32 Å². The number of primary amides is 1. The highest BCUT2D eigenvalue weighted by atomic mass is 16.5. The molecule has 1 aromatic rings. The fraction of sp³-hybridized carbons (Fsp3) is 0.500. The predicted molar refractivity (Wildman–Crippen MR) is 83.3 cm³/mol. The fourth-order valence-electron chi connectivity index (χ4n) is 2.69. The molecule has 0 bridgehead atoms. The molecule has 120 valence electrons. The molecular formula is C16H23N3O3. The van der Waals surface area contributed by atoms with Crippen LogP contribution in [0.2, 0.25) is 0 Å². The number of rotatable bonds is 6. The zero-order chi connectivity index (χ0) is 15.9. The average molecular weight is 305 g/mol. The number of amides is 2. The summed E-state index contributed by atoms with van der Waals surface area (Å²) in [4.78, 5) is 25.2. The van der Waals surface area contributed by atoms with Crippen molar-refractivity contribution >= 4 is 11.8 Å². The van der Waals surface area contributed by atoms with Crippen LogP contribution < -0.4 is 11.1 Å². The molecule has 0 atom stereocenters. The summed E-state index contributed by atoms with van der Waals surface area (Å²) in [7, 11) is 1.63. The summed E-state index contributed by atoms with van der Waals surface area (Å²) >= 11 is 0. The van der Waals surface area contributed by atoms with Crippen LogP contribution in [0.1, 0.15) is 28.8 Å². The molecule has 3 N–H and O–H groups in total. The van der Waals surface area contributed by atoms with Gasteiger partial charge in [0.25, 0.3) is 5.91 Å². The maximum atomic E-state index is 12.3. The van der Waals surface area contributed by atoms with Gasteiger partial charge >= 0.3 is 0 Å². The van der Waals surface area contributed by atoms with Gasteiger partial charge in [-0.2, -0.15) is 0 Å². The lowest BCUT2D eigenvalue weighted by Crippen LogP contribution is -2.46. The van der Waals surface area contributed by atoms with Crippen molar-refractivity contribution in [3.8, 4) is 0 Å². The van der Waals surface area contributed by atoms with Crippen LogP contribution in [-0.4, -0.2) is 49.5 Å². The molecule has 1 aliphatic heterocycles. The first-order chi connectivity index (χ1) is 10.6. The minimum Gasteiger partial charge on any atom is -0.380 e. The highest BCUT2D eigenvalue weighted by Gasteiger charge is 2.21. The summed E-state index contributed by atoms with van der Waals surface area (Å²) in [5.74, 6) is -0.372. The van der Waals surface area contributed by atoms with Crippen molar-refractivity contribution < 1.29 is 14.3 Å². The molecule has 1 fully saturated rings. The number of nitrogens with two attached hydrogens (primary N) is 1. The van der Waals surface area contributed by atoms with E-state index < -0.39 is 0 Å². The molecule has 0 spiro atoms. The molecule has 1 aromatic carbocycles. The Morgan fingerprint density at radius 3 is 2.73 bits per heavy atom. The third-order valence-corrected chi connectivity index (χ3v) is 3.80. The number of methoxy groups -OCH3 is 1. The Morgan fingerprint density at radius 2 is 2.09 bits per heavy atom. The molecule has 2 amide bonds. The molecule has 0 radical (unpaired) electrons. The third-order valence-electron chi connectivity index (χ3n) is 3.80. The van der Waals surface area contributed by atoms with Crippen LogP contribution in [0.4, 0.5) is 0 Å².